The second-order valence-corrected chi connectivity index (χ2v) is 7.80. The number of rotatable bonds is 6. The van der Waals surface area contributed by atoms with Crippen LogP contribution in [-0.4, -0.2) is 17.2 Å². The summed E-state index contributed by atoms with van der Waals surface area (Å²) in [5.74, 6) is -1.08. The van der Waals surface area contributed by atoms with E-state index in [-0.39, 0.29) is 5.56 Å². The van der Waals surface area contributed by atoms with E-state index in [9.17, 15) is 9.18 Å². The topological polar surface area (TPSA) is 63.6 Å². The van der Waals surface area contributed by atoms with E-state index >= 15 is 0 Å². The molecule has 5 nitrogen and oxygen atoms in total. The van der Waals surface area contributed by atoms with E-state index in [4.69, 9.17) is 4.74 Å². The Morgan fingerprint density at radius 3 is 2.65 bits per heavy atom. The predicted octanol–water partition coefficient (Wildman–Crippen LogP) is 5.92. The zero-order valence-electron chi connectivity index (χ0n) is 16.6. The van der Waals surface area contributed by atoms with Gasteiger partial charge in [0.2, 0.25) is 5.13 Å². The van der Waals surface area contributed by atoms with Gasteiger partial charge in [-0.25, -0.2) is 14.2 Å². The Hall–Kier alpha value is -3.84. The fourth-order valence-electron chi connectivity index (χ4n) is 2.92. The van der Waals surface area contributed by atoms with E-state index in [2.05, 4.69) is 15.5 Å². The number of hydrazone groups is 1. The van der Waals surface area contributed by atoms with Gasteiger partial charge in [-0.2, -0.15) is 5.10 Å². The molecule has 0 aliphatic rings. The van der Waals surface area contributed by atoms with Gasteiger partial charge in [0.1, 0.15) is 11.6 Å². The second kappa shape index (κ2) is 9.32. The predicted molar refractivity (Wildman–Crippen MR) is 121 cm³/mol. The molecule has 3 aromatic carbocycles. The lowest BCUT2D eigenvalue weighted by molar-refractivity contribution is 0.0730. The molecule has 0 fully saturated rings. The molecule has 31 heavy (non-hydrogen) atoms. The van der Waals surface area contributed by atoms with Crippen molar-refractivity contribution < 1.29 is 13.9 Å². The van der Waals surface area contributed by atoms with Crippen molar-refractivity contribution in [2.75, 3.05) is 5.43 Å². The molecule has 0 amide bonds. The van der Waals surface area contributed by atoms with Gasteiger partial charge in [0.25, 0.3) is 0 Å². The van der Waals surface area contributed by atoms with Gasteiger partial charge in [0.15, 0.2) is 0 Å². The summed E-state index contributed by atoms with van der Waals surface area (Å²) in [6, 6.07) is 22.5. The monoisotopic (exact) mass is 431 g/mol. The summed E-state index contributed by atoms with van der Waals surface area (Å²) in [7, 11) is 0. The Kier molecular flexibility index (Phi) is 6.14. The fraction of sp³-hybridized carbons (Fsp3) is 0.0417. The van der Waals surface area contributed by atoms with Crippen LogP contribution in [0.1, 0.15) is 20.8 Å². The molecule has 0 spiro atoms. The molecule has 0 bridgehead atoms. The molecule has 1 N–H and O–H groups in total. The third-order valence-electron chi connectivity index (χ3n) is 4.38. The number of ether oxygens (including phenoxy) is 1. The maximum atomic E-state index is 13.8. The number of nitrogens with one attached hydrogen (secondary N) is 1. The summed E-state index contributed by atoms with van der Waals surface area (Å²) in [5.41, 5.74) is 5.51. The van der Waals surface area contributed by atoms with Crippen LogP contribution in [0.4, 0.5) is 9.52 Å². The lowest BCUT2D eigenvalue weighted by Crippen LogP contribution is -2.10. The number of hydrogen-bond acceptors (Lipinski definition) is 6. The molecule has 0 saturated carbocycles. The van der Waals surface area contributed by atoms with Crippen LogP contribution < -0.4 is 10.2 Å². The molecule has 4 rings (SSSR count). The first-order chi connectivity index (χ1) is 15.1. The van der Waals surface area contributed by atoms with E-state index in [0.29, 0.717) is 16.4 Å². The first-order valence-electron chi connectivity index (χ1n) is 9.49. The molecule has 0 unspecified atom stereocenters. The molecular weight excluding hydrogens is 413 g/mol. The number of anilines is 1. The number of thiazole rings is 1. The molecule has 0 aliphatic carbocycles. The second-order valence-electron chi connectivity index (χ2n) is 6.60. The third kappa shape index (κ3) is 5.02. The van der Waals surface area contributed by atoms with Crippen LogP contribution in [0.5, 0.6) is 5.75 Å². The Morgan fingerprint density at radius 2 is 1.84 bits per heavy atom. The molecule has 0 saturated heterocycles. The Morgan fingerprint density at radius 1 is 1.06 bits per heavy atom. The Labute approximate surface area is 182 Å². The van der Waals surface area contributed by atoms with Gasteiger partial charge >= 0.3 is 5.97 Å². The zero-order valence-corrected chi connectivity index (χ0v) is 17.4. The number of carbonyl (C=O) groups excluding carboxylic acids is 1. The van der Waals surface area contributed by atoms with E-state index < -0.39 is 11.8 Å². The number of aromatic nitrogens is 1. The number of esters is 1. The molecule has 0 atom stereocenters. The SMILES string of the molecule is Cc1sc(N/N=C\c2cccc(OC(=O)c3ccccc3F)c2)nc1-c1ccccc1. The molecule has 1 heterocycles. The molecule has 4 aromatic rings. The molecule has 0 radical (unpaired) electrons. The first kappa shape index (κ1) is 20.4. The van der Waals surface area contributed by atoms with Crippen LogP contribution in [0.2, 0.25) is 0 Å². The summed E-state index contributed by atoms with van der Waals surface area (Å²) in [4.78, 5) is 17.9. The van der Waals surface area contributed by atoms with Gasteiger partial charge in [-0.3, -0.25) is 5.43 Å². The highest BCUT2D eigenvalue weighted by atomic mass is 32.1. The van der Waals surface area contributed by atoms with Gasteiger partial charge < -0.3 is 4.74 Å². The molecule has 1 aromatic heterocycles. The molecule has 154 valence electrons. The van der Waals surface area contributed by atoms with Crippen molar-refractivity contribution in [2.45, 2.75) is 6.92 Å². The summed E-state index contributed by atoms with van der Waals surface area (Å²) < 4.78 is 19.0. The minimum atomic E-state index is -0.753. The summed E-state index contributed by atoms with van der Waals surface area (Å²) in [5, 5.41) is 4.90. The van der Waals surface area contributed by atoms with Crippen molar-refractivity contribution in [3.05, 3.63) is 101 Å². The highest BCUT2D eigenvalue weighted by molar-refractivity contribution is 7.15. The minimum Gasteiger partial charge on any atom is -0.423 e. The van der Waals surface area contributed by atoms with Gasteiger partial charge in [-0.05, 0) is 36.8 Å². The van der Waals surface area contributed by atoms with Gasteiger partial charge in [-0.15, -0.1) is 11.3 Å². The lowest BCUT2D eigenvalue weighted by Gasteiger charge is -2.05. The Balaban J connectivity index is 1.42. The number of aryl methyl sites for hydroxylation is 1. The fourth-order valence-corrected chi connectivity index (χ4v) is 3.70. The zero-order chi connectivity index (χ0) is 21.6. The highest BCUT2D eigenvalue weighted by Crippen LogP contribution is 2.30. The molecule has 0 aliphatic heterocycles. The van der Waals surface area contributed by atoms with Gasteiger partial charge in [0, 0.05) is 10.4 Å². The average molecular weight is 431 g/mol. The maximum absolute atomic E-state index is 13.8. The maximum Gasteiger partial charge on any atom is 0.346 e. The lowest BCUT2D eigenvalue weighted by atomic mass is 10.1. The van der Waals surface area contributed by atoms with E-state index in [1.807, 2.05) is 43.3 Å². The summed E-state index contributed by atoms with van der Waals surface area (Å²) >= 11 is 1.51. The van der Waals surface area contributed by atoms with Crippen molar-refractivity contribution in [3.8, 4) is 17.0 Å². The number of halogens is 1. The van der Waals surface area contributed by atoms with Crippen molar-refractivity contribution in [1.29, 1.82) is 0 Å². The van der Waals surface area contributed by atoms with Crippen molar-refractivity contribution in [1.82, 2.24) is 4.98 Å². The third-order valence-corrected chi connectivity index (χ3v) is 5.26. The van der Waals surface area contributed by atoms with E-state index in [1.54, 1.807) is 30.5 Å². The van der Waals surface area contributed by atoms with E-state index in [1.165, 1.54) is 29.5 Å². The van der Waals surface area contributed by atoms with Crippen LogP contribution in [-0.2, 0) is 0 Å². The number of hydrogen-bond donors (Lipinski definition) is 1. The largest absolute Gasteiger partial charge is 0.423 e. The highest BCUT2D eigenvalue weighted by Gasteiger charge is 2.13. The van der Waals surface area contributed by atoms with Gasteiger partial charge in [0.05, 0.1) is 17.5 Å². The van der Waals surface area contributed by atoms with E-state index in [0.717, 1.165) is 16.1 Å². The molecule has 7 heteroatoms. The van der Waals surface area contributed by atoms with Gasteiger partial charge in [-0.1, -0.05) is 54.6 Å². The number of nitrogens with zero attached hydrogens (tertiary/aromatic N) is 2. The standard InChI is InChI=1S/C24H18FN3O2S/c1-16-22(18-9-3-2-4-10-18)27-24(31-16)28-26-15-17-8-7-11-19(14-17)30-23(29)20-12-5-6-13-21(20)25/h2-15H,1H3,(H,27,28)/b26-15-. The van der Waals surface area contributed by atoms with Crippen LogP contribution >= 0.6 is 11.3 Å². The summed E-state index contributed by atoms with van der Waals surface area (Å²) in [6.45, 7) is 2.02. The average Bonchev–Trinajstić information content (AvgIpc) is 3.15. The van der Waals surface area contributed by atoms with Crippen molar-refractivity contribution >= 4 is 28.7 Å². The van der Waals surface area contributed by atoms with Crippen molar-refractivity contribution in [2.24, 2.45) is 5.10 Å². The summed E-state index contributed by atoms with van der Waals surface area (Å²) in [6.07, 6.45) is 1.60. The van der Waals surface area contributed by atoms with Crippen molar-refractivity contribution in [3.63, 3.8) is 0 Å². The van der Waals surface area contributed by atoms with Crippen LogP contribution in [0, 0.1) is 12.7 Å². The minimum absolute atomic E-state index is 0.114. The first-order valence-corrected chi connectivity index (χ1v) is 10.3. The van der Waals surface area contributed by atoms with Crippen LogP contribution in [0.15, 0.2) is 84.0 Å². The number of carbonyl (C=O) groups is 1. The Bertz CT molecular complexity index is 1240. The number of benzene rings is 3. The van der Waals surface area contributed by atoms with Crippen LogP contribution in [0.25, 0.3) is 11.3 Å². The smallest absolute Gasteiger partial charge is 0.346 e. The van der Waals surface area contributed by atoms with Crippen LogP contribution in [0.3, 0.4) is 0 Å². The quantitative estimate of drug-likeness (QED) is 0.178. The molecular formula is C24H18FN3O2S. The normalized spacial score (nSPS) is 10.9.